The standard InChI is InChI=1S/C26H24N2O3/c1-16(2)17-7-9-18(10-8-17)26-28-22(20-5-3-4-6-23(20)31-26)14-21(27-28)19-11-12-24-25(13-19)30-15-29-24/h3-13,16,22,26H,14-15H2,1-2H3. The molecule has 3 aliphatic rings. The van der Waals surface area contributed by atoms with Crippen LogP contribution in [0.4, 0.5) is 0 Å². The minimum atomic E-state index is -0.257. The average Bonchev–Trinajstić information content (AvgIpc) is 3.45. The van der Waals surface area contributed by atoms with Crippen LogP contribution in [0.25, 0.3) is 0 Å². The van der Waals surface area contributed by atoms with E-state index in [2.05, 4.69) is 67.4 Å². The third kappa shape index (κ3) is 3.03. The van der Waals surface area contributed by atoms with Crippen molar-refractivity contribution in [2.75, 3.05) is 6.79 Å². The maximum atomic E-state index is 6.46. The largest absolute Gasteiger partial charge is 0.464 e. The fourth-order valence-corrected chi connectivity index (χ4v) is 4.55. The first-order chi connectivity index (χ1) is 15.2. The van der Waals surface area contributed by atoms with Crippen LogP contribution < -0.4 is 14.2 Å². The van der Waals surface area contributed by atoms with E-state index in [9.17, 15) is 0 Å². The van der Waals surface area contributed by atoms with Crippen molar-refractivity contribution >= 4 is 5.71 Å². The van der Waals surface area contributed by atoms with E-state index < -0.39 is 0 Å². The second-order valence-corrected chi connectivity index (χ2v) is 8.54. The van der Waals surface area contributed by atoms with E-state index in [1.165, 1.54) is 11.1 Å². The van der Waals surface area contributed by atoms with Crippen molar-refractivity contribution in [3.8, 4) is 17.2 Å². The van der Waals surface area contributed by atoms with Crippen molar-refractivity contribution in [2.45, 2.75) is 38.5 Å². The molecule has 31 heavy (non-hydrogen) atoms. The molecule has 3 heterocycles. The lowest BCUT2D eigenvalue weighted by atomic mass is 9.95. The number of hydrogen-bond donors (Lipinski definition) is 0. The van der Waals surface area contributed by atoms with Crippen LogP contribution in [0, 0.1) is 0 Å². The van der Waals surface area contributed by atoms with Crippen molar-refractivity contribution in [1.82, 2.24) is 5.01 Å². The van der Waals surface area contributed by atoms with Gasteiger partial charge >= 0.3 is 0 Å². The molecule has 0 saturated heterocycles. The highest BCUT2D eigenvalue weighted by Crippen LogP contribution is 2.48. The van der Waals surface area contributed by atoms with Crippen molar-refractivity contribution in [3.63, 3.8) is 0 Å². The third-order valence-corrected chi connectivity index (χ3v) is 6.29. The maximum absolute atomic E-state index is 6.46. The summed E-state index contributed by atoms with van der Waals surface area (Å²) in [6, 6.07) is 23.2. The first-order valence-corrected chi connectivity index (χ1v) is 10.8. The van der Waals surface area contributed by atoms with Crippen LogP contribution in [0.3, 0.4) is 0 Å². The second kappa shape index (κ2) is 7.05. The monoisotopic (exact) mass is 412 g/mol. The lowest BCUT2D eigenvalue weighted by Crippen LogP contribution is -2.33. The number of ether oxygens (including phenoxy) is 3. The highest BCUT2D eigenvalue weighted by molar-refractivity contribution is 6.02. The van der Waals surface area contributed by atoms with Gasteiger partial charge < -0.3 is 14.2 Å². The van der Waals surface area contributed by atoms with Crippen LogP contribution in [-0.2, 0) is 0 Å². The number of para-hydroxylation sites is 1. The molecule has 3 aliphatic heterocycles. The van der Waals surface area contributed by atoms with Gasteiger partial charge in [-0.1, -0.05) is 56.3 Å². The lowest BCUT2D eigenvalue weighted by molar-refractivity contribution is -0.0190. The minimum absolute atomic E-state index is 0.139. The van der Waals surface area contributed by atoms with Crippen LogP contribution in [0.5, 0.6) is 17.2 Å². The number of hydrogen-bond acceptors (Lipinski definition) is 5. The van der Waals surface area contributed by atoms with Gasteiger partial charge in [0.15, 0.2) is 11.5 Å². The van der Waals surface area contributed by atoms with E-state index >= 15 is 0 Å². The summed E-state index contributed by atoms with van der Waals surface area (Å²) >= 11 is 0. The first-order valence-electron chi connectivity index (χ1n) is 10.8. The van der Waals surface area contributed by atoms with E-state index in [4.69, 9.17) is 19.3 Å². The zero-order chi connectivity index (χ0) is 20.9. The van der Waals surface area contributed by atoms with Gasteiger partial charge in [-0.25, -0.2) is 5.01 Å². The molecule has 3 aromatic carbocycles. The molecule has 0 aromatic heterocycles. The van der Waals surface area contributed by atoms with Gasteiger partial charge in [-0.05, 0) is 35.7 Å². The summed E-state index contributed by atoms with van der Waals surface area (Å²) in [4.78, 5) is 0. The Hall–Kier alpha value is -3.47. The van der Waals surface area contributed by atoms with Crippen molar-refractivity contribution in [3.05, 3.63) is 89.0 Å². The molecule has 0 spiro atoms. The van der Waals surface area contributed by atoms with Gasteiger partial charge in [0.2, 0.25) is 13.0 Å². The van der Waals surface area contributed by atoms with Crippen LogP contribution in [-0.4, -0.2) is 17.5 Å². The van der Waals surface area contributed by atoms with Crippen molar-refractivity contribution in [2.24, 2.45) is 5.10 Å². The Balaban J connectivity index is 1.40. The molecule has 0 amide bonds. The van der Waals surface area contributed by atoms with Gasteiger partial charge in [0.1, 0.15) is 5.75 Å². The topological polar surface area (TPSA) is 43.3 Å². The smallest absolute Gasteiger partial charge is 0.231 e. The Kier molecular flexibility index (Phi) is 4.16. The summed E-state index contributed by atoms with van der Waals surface area (Å²) in [5, 5.41) is 7.17. The van der Waals surface area contributed by atoms with Crippen LogP contribution in [0.1, 0.15) is 60.7 Å². The Bertz CT molecular complexity index is 1170. The zero-order valence-corrected chi connectivity index (χ0v) is 17.6. The number of hydrazone groups is 1. The summed E-state index contributed by atoms with van der Waals surface area (Å²) < 4.78 is 17.5. The predicted molar refractivity (Wildman–Crippen MR) is 119 cm³/mol. The molecule has 6 rings (SSSR count). The first kappa shape index (κ1) is 18.3. The van der Waals surface area contributed by atoms with E-state index in [0.29, 0.717) is 5.92 Å². The Morgan fingerprint density at radius 1 is 0.903 bits per heavy atom. The molecule has 156 valence electrons. The van der Waals surface area contributed by atoms with E-state index in [1.807, 2.05) is 18.2 Å². The molecule has 3 aromatic rings. The summed E-state index contributed by atoms with van der Waals surface area (Å²) in [5.74, 6) is 3.00. The Morgan fingerprint density at radius 2 is 1.71 bits per heavy atom. The van der Waals surface area contributed by atoms with Gasteiger partial charge in [0, 0.05) is 23.1 Å². The molecule has 5 heteroatoms. The number of nitrogens with zero attached hydrogens (tertiary/aromatic N) is 2. The molecule has 2 atom stereocenters. The van der Waals surface area contributed by atoms with E-state index in [-0.39, 0.29) is 19.1 Å². The van der Waals surface area contributed by atoms with Crippen LogP contribution in [0.15, 0.2) is 71.8 Å². The normalized spacial score (nSPS) is 20.9. The molecule has 2 unspecified atom stereocenters. The molecule has 0 N–H and O–H groups in total. The zero-order valence-electron chi connectivity index (χ0n) is 17.6. The van der Waals surface area contributed by atoms with Crippen molar-refractivity contribution < 1.29 is 14.2 Å². The summed E-state index contributed by atoms with van der Waals surface area (Å²) in [7, 11) is 0. The maximum Gasteiger partial charge on any atom is 0.231 e. The molecule has 0 aliphatic carbocycles. The minimum Gasteiger partial charge on any atom is -0.464 e. The van der Waals surface area contributed by atoms with E-state index in [0.717, 1.165) is 40.5 Å². The Labute approximate surface area is 181 Å². The highest BCUT2D eigenvalue weighted by Gasteiger charge is 2.41. The number of benzene rings is 3. The molecule has 0 radical (unpaired) electrons. The summed E-state index contributed by atoms with van der Waals surface area (Å²) in [6.07, 6.45) is 0.563. The Morgan fingerprint density at radius 3 is 2.55 bits per heavy atom. The molecule has 0 saturated carbocycles. The van der Waals surface area contributed by atoms with Crippen molar-refractivity contribution in [1.29, 1.82) is 0 Å². The van der Waals surface area contributed by atoms with Crippen LogP contribution >= 0.6 is 0 Å². The third-order valence-electron chi connectivity index (χ3n) is 6.29. The predicted octanol–water partition coefficient (Wildman–Crippen LogP) is 5.78. The molecular weight excluding hydrogens is 388 g/mol. The average molecular weight is 412 g/mol. The molecule has 0 fully saturated rings. The van der Waals surface area contributed by atoms with Gasteiger partial charge in [-0.2, -0.15) is 5.10 Å². The van der Waals surface area contributed by atoms with Gasteiger partial charge in [-0.15, -0.1) is 0 Å². The highest BCUT2D eigenvalue weighted by atomic mass is 16.7. The number of rotatable bonds is 3. The van der Waals surface area contributed by atoms with E-state index in [1.54, 1.807) is 0 Å². The van der Waals surface area contributed by atoms with Gasteiger partial charge in [0.25, 0.3) is 0 Å². The fraction of sp³-hybridized carbons (Fsp3) is 0.269. The summed E-state index contributed by atoms with van der Waals surface area (Å²) in [6.45, 7) is 4.69. The molecule has 0 bridgehead atoms. The lowest BCUT2D eigenvalue weighted by Gasteiger charge is -2.38. The fourth-order valence-electron chi connectivity index (χ4n) is 4.55. The van der Waals surface area contributed by atoms with Gasteiger partial charge in [0.05, 0.1) is 11.8 Å². The number of fused-ring (bicyclic) bond motifs is 4. The second-order valence-electron chi connectivity index (χ2n) is 8.54. The van der Waals surface area contributed by atoms with Crippen LogP contribution in [0.2, 0.25) is 0 Å². The molecule has 5 nitrogen and oxygen atoms in total. The molecular formula is C26H24N2O3. The van der Waals surface area contributed by atoms with Gasteiger partial charge in [-0.3, -0.25) is 0 Å². The summed E-state index contributed by atoms with van der Waals surface area (Å²) in [5.41, 5.74) is 5.71. The quantitative estimate of drug-likeness (QED) is 0.547. The SMILES string of the molecule is CC(C)c1ccc(C2Oc3ccccc3C3CC(c4ccc5c(c4)OCO5)=NN32)cc1.